The predicted molar refractivity (Wildman–Crippen MR) is 123 cm³/mol. The molecule has 0 atom stereocenters. The maximum Gasteiger partial charge on any atom is 0.292 e. The number of benzene rings is 2. The van der Waals surface area contributed by atoms with E-state index in [4.69, 9.17) is 0 Å². The summed E-state index contributed by atoms with van der Waals surface area (Å²) in [5.74, 6) is -0.107. The van der Waals surface area contributed by atoms with E-state index in [1.807, 2.05) is 41.5 Å². The molecule has 4 rings (SSSR count). The topological polar surface area (TPSA) is 91.6 Å². The third-order valence-electron chi connectivity index (χ3n) is 5.26. The second-order valence-corrected chi connectivity index (χ2v) is 8.32. The number of nitrogens with zero attached hydrogens (tertiary/aromatic N) is 4. The van der Waals surface area contributed by atoms with Gasteiger partial charge in [0.15, 0.2) is 5.13 Å². The molecule has 0 bridgehead atoms. The Labute approximate surface area is 184 Å². The average Bonchev–Trinajstić information content (AvgIpc) is 3.23. The molecule has 1 amide bonds. The zero-order valence-electron chi connectivity index (χ0n) is 17.2. The molecule has 1 saturated heterocycles. The molecule has 2 aromatic carbocycles. The first-order chi connectivity index (χ1) is 15.0. The van der Waals surface area contributed by atoms with E-state index in [9.17, 15) is 14.9 Å². The summed E-state index contributed by atoms with van der Waals surface area (Å²) in [6.45, 7) is 4.89. The van der Waals surface area contributed by atoms with Crippen LogP contribution >= 0.6 is 11.3 Å². The fourth-order valence-corrected chi connectivity index (χ4v) is 4.32. The number of anilines is 2. The van der Waals surface area contributed by atoms with Gasteiger partial charge in [-0.3, -0.25) is 19.8 Å². The van der Waals surface area contributed by atoms with Crippen LogP contribution < -0.4 is 10.2 Å². The maximum atomic E-state index is 12.5. The summed E-state index contributed by atoms with van der Waals surface area (Å²) < 4.78 is 0. The van der Waals surface area contributed by atoms with Crippen LogP contribution in [0.2, 0.25) is 0 Å². The summed E-state index contributed by atoms with van der Waals surface area (Å²) in [6.07, 6.45) is 0. The Balaban J connectivity index is 1.30. The summed E-state index contributed by atoms with van der Waals surface area (Å²) in [7, 11) is 0. The first kappa shape index (κ1) is 21.0. The van der Waals surface area contributed by atoms with E-state index in [1.165, 1.54) is 23.0 Å². The second kappa shape index (κ2) is 9.23. The molecule has 0 saturated carbocycles. The molecule has 2 heterocycles. The van der Waals surface area contributed by atoms with Crippen LogP contribution in [0.3, 0.4) is 0 Å². The number of amides is 1. The van der Waals surface area contributed by atoms with E-state index in [2.05, 4.69) is 15.2 Å². The molecular formula is C22H23N5O3S. The quantitative estimate of drug-likeness (QED) is 0.466. The van der Waals surface area contributed by atoms with Gasteiger partial charge in [-0.2, -0.15) is 0 Å². The number of aryl methyl sites for hydroxylation is 1. The zero-order chi connectivity index (χ0) is 21.8. The molecule has 9 heteroatoms. The van der Waals surface area contributed by atoms with Crippen molar-refractivity contribution in [1.82, 2.24) is 9.88 Å². The van der Waals surface area contributed by atoms with Crippen molar-refractivity contribution in [2.75, 3.05) is 42.9 Å². The molecule has 1 N–H and O–H groups in total. The summed E-state index contributed by atoms with van der Waals surface area (Å²) in [4.78, 5) is 32.0. The van der Waals surface area contributed by atoms with Crippen LogP contribution in [0.1, 0.15) is 5.56 Å². The number of piperazine rings is 1. The lowest BCUT2D eigenvalue weighted by Gasteiger charge is -2.35. The number of rotatable bonds is 6. The summed E-state index contributed by atoms with van der Waals surface area (Å²) >= 11 is 1.41. The van der Waals surface area contributed by atoms with E-state index < -0.39 is 0 Å². The Bertz CT molecular complexity index is 1070. The number of nitro benzene ring substituents is 1. The monoisotopic (exact) mass is 437 g/mol. The number of hydrogen-bond donors (Lipinski definition) is 1. The highest BCUT2D eigenvalue weighted by atomic mass is 32.1. The number of carbonyl (C=O) groups is 1. The lowest BCUT2D eigenvalue weighted by atomic mass is 10.1. The molecule has 0 radical (unpaired) electrons. The number of carbonyl (C=O) groups excluding carboxylic acids is 1. The number of aromatic nitrogens is 1. The molecule has 1 aliphatic heterocycles. The summed E-state index contributed by atoms with van der Waals surface area (Å²) in [5, 5.41) is 16.7. The highest BCUT2D eigenvalue weighted by Crippen LogP contribution is 2.28. The van der Waals surface area contributed by atoms with Gasteiger partial charge in [0.25, 0.3) is 5.69 Å². The van der Waals surface area contributed by atoms with Crippen LogP contribution in [0.4, 0.5) is 16.5 Å². The van der Waals surface area contributed by atoms with Crippen LogP contribution in [0.5, 0.6) is 0 Å². The van der Waals surface area contributed by atoms with Crippen LogP contribution in [-0.2, 0) is 4.79 Å². The molecule has 0 spiro atoms. The Kier molecular flexibility index (Phi) is 6.24. The fourth-order valence-electron chi connectivity index (χ4n) is 3.58. The number of hydrogen-bond acceptors (Lipinski definition) is 7. The SMILES string of the molecule is Cc1ccc(-c2csc(NC(=O)CN3CCN(c4ccccc4[N+](=O)[O-])CC3)n2)cc1. The van der Waals surface area contributed by atoms with Gasteiger partial charge in [-0.05, 0) is 13.0 Å². The van der Waals surface area contributed by atoms with Crippen LogP contribution in [0, 0.1) is 17.0 Å². The molecule has 1 fully saturated rings. The molecule has 3 aromatic rings. The Morgan fingerprint density at radius 3 is 2.55 bits per heavy atom. The molecule has 31 heavy (non-hydrogen) atoms. The highest BCUT2D eigenvalue weighted by Gasteiger charge is 2.24. The summed E-state index contributed by atoms with van der Waals surface area (Å²) in [5.41, 5.74) is 3.80. The van der Waals surface area contributed by atoms with Crippen LogP contribution in [0.15, 0.2) is 53.9 Å². The van der Waals surface area contributed by atoms with Crippen molar-refractivity contribution in [3.05, 3.63) is 69.6 Å². The lowest BCUT2D eigenvalue weighted by Crippen LogP contribution is -2.48. The molecular weight excluding hydrogens is 414 g/mol. The van der Waals surface area contributed by atoms with Gasteiger partial charge in [0, 0.05) is 43.2 Å². The average molecular weight is 438 g/mol. The molecule has 1 aromatic heterocycles. The van der Waals surface area contributed by atoms with Gasteiger partial charge >= 0.3 is 0 Å². The zero-order valence-corrected chi connectivity index (χ0v) is 18.0. The van der Waals surface area contributed by atoms with E-state index in [1.54, 1.807) is 18.2 Å². The Morgan fingerprint density at radius 2 is 1.84 bits per heavy atom. The lowest BCUT2D eigenvalue weighted by molar-refractivity contribution is -0.384. The van der Waals surface area contributed by atoms with Crippen molar-refractivity contribution >= 4 is 33.8 Å². The normalized spacial score (nSPS) is 14.4. The number of thiazole rings is 1. The van der Waals surface area contributed by atoms with Crippen molar-refractivity contribution in [1.29, 1.82) is 0 Å². The highest BCUT2D eigenvalue weighted by molar-refractivity contribution is 7.14. The second-order valence-electron chi connectivity index (χ2n) is 7.46. The molecule has 0 unspecified atom stereocenters. The predicted octanol–water partition coefficient (Wildman–Crippen LogP) is 3.79. The van der Waals surface area contributed by atoms with E-state index >= 15 is 0 Å². The van der Waals surface area contributed by atoms with Gasteiger partial charge in [-0.15, -0.1) is 11.3 Å². The molecule has 160 valence electrons. The van der Waals surface area contributed by atoms with Gasteiger partial charge in [-0.1, -0.05) is 42.0 Å². The van der Waals surface area contributed by atoms with E-state index in [-0.39, 0.29) is 23.1 Å². The fraction of sp³-hybridized carbons (Fsp3) is 0.273. The third-order valence-corrected chi connectivity index (χ3v) is 6.01. The minimum absolute atomic E-state index is 0.107. The smallest absolute Gasteiger partial charge is 0.292 e. The molecule has 8 nitrogen and oxygen atoms in total. The van der Waals surface area contributed by atoms with Crippen molar-refractivity contribution in [2.45, 2.75) is 6.92 Å². The molecule has 1 aliphatic rings. The number of para-hydroxylation sites is 2. The minimum atomic E-state index is -0.353. The number of nitrogens with one attached hydrogen (secondary N) is 1. The first-order valence-electron chi connectivity index (χ1n) is 10.0. The van der Waals surface area contributed by atoms with E-state index in [0.717, 1.165) is 11.3 Å². The number of nitro groups is 1. The maximum absolute atomic E-state index is 12.5. The van der Waals surface area contributed by atoms with Gasteiger partial charge in [-0.25, -0.2) is 4.98 Å². The van der Waals surface area contributed by atoms with Gasteiger partial charge in [0.2, 0.25) is 5.91 Å². The minimum Gasteiger partial charge on any atom is -0.363 e. The van der Waals surface area contributed by atoms with Crippen molar-refractivity contribution in [3.63, 3.8) is 0 Å². The summed E-state index contributed by atoms with van der Waals surface area (Å²) in [6, 6.07) is 14.9. The Hall–Kier alpha value is -3.30. The molecule has 0 aliphatic carbocycles. The van der Waals surface area contributed by atoms with Crippen molar-refractivity contribution in [2.24, 2.45) is 0 Å². The van der Waals surface area contributed by atoms with Crippen molar-refractivity contribution in [3.8, 4) is 11.3 Å². The van der Waals surface area contributed by atoms with Gasteiger partial charge in [0.1, 0.15) is 5.69 Å². The van der Waals surface area contributed by atoms with Crippen LogP contribution in [-0.4, -0.2) is 53.4 Å². The van der Waals surface area contributed by atoms with E-state index in [0.29, 0.717) is 37.0 Å². The van der Waals surface area contributed by atoms with Gasteiger partial charge in [0.05, 0.1) is 17.2 Å². The van der Waals surface area contributed by atoms with Crippen molar-refractivity contribution < 1.29 is 9.72 Å². The largest absolute Gasteiger partial charge is 0.363 e. The first-order valence-corrected chi connectivity index (χ1v) is 10.9. The third kappa shape index (κ3) is 5.07. The standard InChI is InChI=1S/C22H23N5O3S/c1-16-6-8-17(9-7-16)18-15-31-22(23-18)24-21(28)14-25-10-12-26(13-11-25)19-4-2-3-5-20(19)27(29)30/h2-9,15H,10-14H2,1H3,(H,23,24,28). The Morgan fingerprint density at radius 1 is 1.13 bits per heavy atom. The van der Waals surface area contributed by atoms with Crippen LogP contribution in [0.25, 0.3) is 11.3 Å². The van der Waals surface area contributed by atoms with Gasteiger partial charge < -0.3 is 10.2 Å².